The number of nitrogens with zero attached hydrogens (tertiary/aromatic N) is 4. The number of pyridine rings is 1. The molecule has 10 heteroatoms. The highest BCUT2D eigenvalue weighted by atomic mass is 35.5. The summed E-state index contributed by atoms with van der Waals surface area (Å²) in [5.74, 6) is 1.43. The molecule has 8 nitrogen and oxygen atoms in total. The zero-order chi connectivity index (χ0) is 22.7. The Labute approximate surface area is 195 Å². The van der Waals surface area contributed by atoms with Crippen molar-refractivity contribution in [2.24, 2.45) is 5.92 Å². The molecule has 1 fully saturated rings. The quantitative estimate of drug-likeness (QED) is 0.539. The molecule has 1 aliphatic heterocycles. The van der Waals surface area contributed by atoms with Crippen LogP contribution in [0.15, 0.2) is 40.5 Å². The van der Waals surface area contributed by atoms with Crippen LogP contribution in [0.1, 0.15) is 19.3 Å². The number of aromatic nitrogens is 3. The van der Waals surface area contributed by atoms with Gasteiger partial charge in [-0.25, -0.2) is 9.97 Å². The van der Waals surface area contributed by atoms with Gasteiger partial charge in [0.1, 0.15) is 17.9 Å². The Morgan fingerprint density at radius 1 is 1.34 bits per heavy atom. The highest BCUT2D eigenvalue weighted by Crippen LogP contribution is 2.37. The maximum atomic E-state index is 11.7. The lowest BCUT2D eigenvalue weighted by molar-refractivity contribution is -0.135. The number of ether oxygens (including phenoxy) is 1. The molecule has 170 valence electrons. The van der Waals surface area contributed by atoms with Crippen molar-refractivity contribution in [2.75, 3.05) is 32.5 Å². The zero-order valence-corrected chi connectivity index (χ0v) is 19.4. The highest BCUT2D eigenvalue weighted by molar-refractivity contribution is 7.99. The maximum Gasteiger partial charge on any atom is 0.248 e. The summed E-state index contributed by atoms with van der Waals surface area (Å²) in [6, 6.07) is 7.46. The summed E-state index contributed by atoms with van der Waals surface area (Å²) in [5.41, 5.74) is 7.72. The number of carbonyl (C=O) groups is 1. The van der Waals surface area contributed by atoms with Crippen LogP contribution < -0.4 is 10.5 Å². The minimum Gasteiger partial charge on any atom is -0.497 e. The van der Waals surface area contributed by atoms with Gasteiger partial charge in [0.05, 0.1) is 17.6 Å². The van der Waals surface area contributed by atoms with E-state index in [0.29, 0.717) is 35.4 Å². The number of fused-ring (bicyclic) bond motifs is 1. The lowest BCUT2D eigenvalue weighted by Gasteiger charge is -2.31. The molecule has 0 bridgehead atoms. The van der Waals surface area contributed by atoms with E-state index in [9.17, 15) is 4.79 Å². The van der Waals surface area contributed by atoms with Crippen LogP contribution in [0.4, 0.5) is 5.82 Å². The van der Waals surface area contributed by atoms with Gasteiger partial charge >= 0.3 is 0 Å². The number of nitrogen functional groups attached to an aromatic ring is 1. The van der Waals surface area contributed by atoms with E-state index in [1.807, 2.05) is 24.3 Å². The fraction of sp³-hybridized carbons (Fsp3) is 0.409. The van der Waals surface area contributed by atoms with Gasteiger partial charge in [-0.3, -0.25) is 4.79 Å². The number of aryl methyl sites for hydroxylation is 1. The minimum absolute atomic E-state index is 0.194. The number of aliphatic hydroxyl groups is 1. The average Bonchev–Trinajstić information content (AvgIpc) is 3.17. The van der Waals surface area contributed by atoms with E-state index in [4.69, 9.17) is 32.2 Å². The van der Waals surface area contributed by atoms with Crippen LogP contribution in [0, 0.1) is 5.92 Å². The molecule has 2 aromatic heterocycles. The van der Waals surface area contributed by atoms with E-state index in [-0.39, 0.29) is 5.91 Å². The van der Waals surface area contributed by atoms with Crippen molar-refractivity contribution in [2.45, 2.75) is 35.9 Å². The number of halogens is 1. The van der Waals surface area contributed by atoms with Gasteiger partial charge in [-0.05, 0) is 61.2 Å². The van der Waals surface area contributed by atoms with Crippen LogP contribution in [0.25, 0.3) is 11.0 Å². The largest absolute Gasteiger partial charge is 0.497 e. The molecular weight excluding hydrogens is 450 g/mol. The smallest absolute Gasteiger partial charge is 0.248 e. The second-order valence-corrected chi connectivity index (χ2v) is 9.20. The van der Waals surface area contributed by atoms with Gasteiger partial charge in [-0.1, -0.05) is 11.6 Å². The summed E-state index contributed by atoms with van der Waals surface area (Å²) >= 11 is 7.91. The average molecular weight is 476 g/mol. The van der Waals surface area contributed by atoms with E-state index in [0.717, 1.165) is 47.1 Å². The lowest BCUT2D eigenvalue weighted by atomic mass is 9.93. The maximum absolute atomic E-state index is 11.7. The van der Waals surface area contributed by atoms with Gasteiger partial charge in [-0.15, -0.1) is 0 Å². The molecular formula is C22H26ClN5O3S. The Bertz CT molecular complexity index is 1110. The van der Waals surface area contributed by atoms with Crippen LogP contribution in [-0.4, -0.2) is 57.3 Å². The van der Waals surface area contributed by atoms with Crippen molar-refractivity contribution in [3.05, 3.63) is 35.5 Å². The number of hydrogen-bond donors (Lipinski definition) is 2. The Balaban J connectivity index is 1.56. The third kappa shape index (κ3) is 4.79. The first kappa shape index (κ1) is 22.7. The van der Waals surface area contributed by atoms with Gasteiger partial charge in [0.25, 0.3) is 0 Å². The summed E-state index contributed by atoms with van der Waals surface area (Å²) in [6.07, 6.45) is 4.49. The van der Waals surface area contributed by atoms with E-state index in [1.54, 1.807) is 18.2 Å². The van der Waals surface area contributed by atoms with Crippen molar-refractivity contribution in [1.29, 1.82) is 0 Å². The van der Waals surface area contributed by atoms with E-state index in [1.165, 1.54) is 11.8 Å². The topological polar surface area (TPSA) is 107 Å². The van der Waals surface area contributed by atoms with Crippen molar-refractivity contribution >= 4 is 46.1 Å². The Hall–Kier alpha value is -2.49. The molecule has 1 aromatic carbocycles. The fourth-order valence-electron chi connectivity index (χ4n) is 4.01. The molecule has 1 saturated heterocycles. The number of aliphatic hydroxyl groups excluding tert-OH is 1. The summed E-state index contributed by atoms with van der Waals surface area (Å²) in [6.45, 7) is 1.72. The number of imidazole rings is 1. The Morgan fingerprint density at radius 3 is 2.84 bits per heavy atom. The zero-order valence-electron chi connectivity index (χ0n) is 17.8. The van der Waals surface area contributed by atoms with Gasteiger partial charge in [0, 0.05) is 30.7 Å². The number of hydrogen-bond acceptors (Lipinski definition) is 7. The molecule has 0 radical (unpaired) electrons. The second kappa shape index (κ2) is 9.97. The normalized spacial score (nSPS) is 14.8. The van der Waals surface area contributed by atoms with Crippen molar-refractivity contribution in [3.8, 4) is 5.75 Å². The molecule has 0 unspecified atom stereocenters. The third-order valence-electron chi connectivity index (χ3n) is 5.86. The van der Waals surface area contributed by atoms with Gasteiger partial charge in [-0.2, -0.15) is 0 Å². The van der Waals surface area contributed by atoms with Crippen LogP contribution in [0.2, 0.25) is 5.02 Å². The number of anilines is 1. The summed E-state index contributed by atoms with van der Waals surface area (Å²) in [4.78, 5) is 23.3. The molecule has 4 rings (SSSR count). The number of rotatable bonds is 7. The van der Waals surface area contributed by atoms with Gasteiger partial charge in [0.2, 0.25) is 5.91 Å². The summed E-state index contributed by atoms with van der Waals surface area (Å²) in [7, 11) is 1.62. The van der Waals surface area contributed by atoms with E-state index in [2.05, 4.69) is 9.55 Å². The summed E-state index contributed by atoms with van der Waals surface area (Å²) < 4.78 is 7.51. The number of amides is 1. The van der Waals surface area contributed by atoms with Crippen LogP contribution >= 0.6 is 23.4 Å². The highest BCUT2D eigenvalue weighted by Gasteiger charge is 2.23. The SMILES string of the molecule is COc1ccc(Cl)c(Sc2nc3c(N)nccc3n2CCC2CCN(C(=O)CO)CC2)c1. The number of nitrogens with two attached hydrogens (primary N) is 1. The van der Waals surface area contributed by atoms with E-state index < -0.39 is 6.61 Å². The predicted octanol–water partition coefficient (Wildman–Crippen LogP) is 3.45. The first-order valence-electron chi connectivity index (χ1n) is 10.5. The molecule has 0 atom stereocenters. The number of benzene rings is 1. The second-order valence-electron chi connectivity index (χ2n) is 7.78. The predicted molar refractivity (Wildman–Crippen MR) is 125 cm³/mol. The first-order chi connectivity index (χ1) is 15.5. The first-order valence-corrected chi connectivity index (χ1v) is 11.7. The van der Waals surface area contributed by atoms with Gasteiger partial charge in [0.15, 0.2) is 11.0 Å². The molecule has 0 saturated carbocycles. The number of carbonyl (C=O) groups excluding carboxylic acids is 1. The number of likely N-dealkylation sites (tertiary alicyclic amines) is 1. The molecule has 3 heterocycles. The molecule has 0 spiro atoms. The monoisotopic (exact) mass is 475 g/mol. The minimum atomic E-state index is -0.422. The molecule has 32 heavy (non-hydrogen) atoms. The van der Waals surface area contributed by atoms with Crippen molar-refractivity contribution in [3.63, 3.8) is 0 Å². The molecule has 3 aromatic rings. The molecule has 1 amide bonds. The van der Waals surface area contributed by atoms with Crippen LogP contribution in [0.5, 0.6) is 5.75 Å². The Kier molecular flexibility index (Phi) is 7.07. The van der Waals surface area contributed by atoms with Crippen molar-refractivity contribution in [1.82, 2.24) is 19.4 Å². The van der Waals surface area contributed by atoms with Gasteiger partial charge < -0.3 is 25.0 Å². The standard InChI is InChI=1S/C22H26ClN5O3S/c1-31-15-2-3-16(23)18(12-15)32-22-26-20-17(4-8-25-21(20)24)28(22)11-7-14-5-9-27(10-6-14)19(30)13-29/h2-4,8,12,14,29H,5-7,9-11,13H2,1H3,(H2,24,25). The summed E-state index contributed by atoms with van der Waals surface area (Å²) in [5, 5.41) is 10.5. The van der Waals surface area contributed by atoms with Crippen LogP contribution in [-0.2, 0) is 11.3 Å². The number of piperidine rings is 1. The molecule has 0 aliphatic carbocycles. The van der Waals surface area contributed by atoms with Crippen molar-refractivity contribution < 1.29 is 14.6 Å². The number of methoxy groups -OCH3 is 1. The Morgan fingerprint density at radius 2 is 2.12 bits per heavy atom. The molecule has 1 aliphatic rings. The molecule has 3 N–H and O–H groups in total. The lowest BCUT2D eigenvalue weighted by Crippen LogP contribution is -2.40. The third-order valence-corrected chi connectivity index (χ3v) is 7.36. The fourth-order valence-corrected chi connectivity index (χ4v) is 5.22. The van der Waals surface area contributed by atoms with E-state index >= 15 is 0 Å². The van der Waals surface area contributed by atoms with Crippen LogP contribution in [0.3, 0.4) is 0 Å².